The molecule has 0 fully saturated rings. The van der Waals surface area contributed by atoms with Crippen molar-refractivity contribution in [3.63, 3.8) is 0 Å². The summed E-state index contributed by atoms with van der Waals surface area (Å²) >= 11 is 1.24. The van der Waals surface area contributed by atoms with Crippen molar-refractivity contribution in [1.82, 2.24) is 9.55 Å². The van der Waals surface area contributed by atoms with E-state index in [1.165, 1.54) is 18.4 Å². The summed E-state index contributed by atoms with van der Waals surface area (Å²) in [6.07, 6.45) is 0. The fraction of sp³-hybridized carbons (Fsp3) is 0.100. The van der Waals surface area contributed by atoms with Crippen molar-refractivity contribution in [3.8, 4) is 0 Å². The van der Waals surface area contributed by atoms with Crippen molar-refractivity contribution in [2.24, 2.45) is 7.05 Å². The van der Waals surface area contributed by atoms with E-state index >= 15 is 0 Å². The summed E-state index contributed by atoms with van der Waals surface area (Å²) in [5.74, 6) is -0.533. The number of aromatic amines is 1. The molecule has 1 amide bonds. The van der Waals surface area contributed by atoms with Crippen molar-refractivity contribution in [2.45, 2.75) is 0 Å². The minimum Gasteiger partial charge on any atom is -0.383 e. The first-order valence-corrected chi connectivity index (χ1v) is 5.82. The minimum atomic E-state index is -0.722. The monoisotopic (exact) mass is 266 g/mol. The van der Waals surface area contributed by atoms with Crippen LogP contribution in [0.15, 0.2) is 27.1 Å². The highest BCUT2D eigenvalue weighted by Crippen LogP contribution is 2.13. The smallest absolute Gasteiger partial charge is 0.329 e. The summed E-state index contributed by atoms with van der Waals surface area (Å²) in [4.78, 5) is 37.1. The molecular formula is C10H10N4O3S. The lowest BCUT2D eigenvalue weighted by molar-refractivity contribution is 0.103. The number of thiophene rings is 1. The standard InChI is InChI=1S/C10H10N4O3S/c1-14-7(11)6(9(16)13-10(14)17)12-8(15)5-3-2-4-18-5/h2-4H,11H2,1H3,(H,12,15)(H,13,16,17). The van der Waals surface area contributed by atoms with Crippen LogP contribution in [-0.2, 0) is 7.05 Å². The number of nitrogens with one attached hydrogen (secondary N) is 2. The maximum Gasteiger partial charge on any atom is 0.329 e. The molecule has 0 aliphatic rings. The second-order valence-electron chi connectivity index (χ2n) is 3.51. The first-order valence-electron chi connectivity index (χ1n) is 4.94. The third-order valence-electron chi connectivity index (χ3n) is 2.35. The molecule has 0 radical (unpaired) electrons. The summed E-state index contributed by atoms with van der Waals surface area (Å²) in [7, 11) is 1.40. The molecule has 0 atom stereocenters. The molecule has 4 N–H and O–H groups in total. The lowest BCUT2D eigenvalue weighted by atomic mass is 10.4. The minimum absolute atomic E-state index is 0.0892. The van der Waals surface area contributed by atoms with Gasteiger partial charge in [-0.15, -0.1) is 11.3 Å². The number of H-pyrrole nitrogens is 1. The second-order valence-corrected chi connectivity index (χ2v) is 4.46. The number of carbonyl (C=O) groups is 1. The van der Waals surface area contributed by atoms with Crippen LogP contribution in [0.25, 0.3) is 0 Å². The van der Waals surface area contributed by atoms with Crippen LogP contribution in [0.5, 0.6) is 0 Å². The molecule has 94 valence electrons. The van der Waals surface area contributed by atoms with Gasteiger partial charge < -0.3 is 11.1 Å². The third-order valence-corrected chi connectivity index (χ3v) is 3.22. The third kappa shape index (κ3) is 2.05. The van der Waals surface area contributed by atoms with E-state index in [0.717, 1.165) is 4.57 Å². The van der Waals surface area contributed by atoms with Crippen LogP contribution in [0, 0.1) is 0 Å². The van der Waals surface area contributed by atoms with Gasteiger partial charge in [0.2, 0.25) is 0 Å². The topological polar surface area (TPSA) is 110 Å². The molecule has 2 heterocycles. The van der Waals surface area contributed by atoms with Crippen LogP contribution in [0.4, 0.5) is 11.5 Å². The van der Waals surface area contributed by atoms with E-state index < -0.39 is 17.2 Å². The number of hydrogen-bond donors (Lipinski definition) is 3. The van der Waals surface area contributed by atoms with Crippen LogP contribution in [0.2, 0.25) is 0 Å². The van der Waals surface area contributed by atoms with Crippen LogP contribution < -0.4 is 22.3 Å². The number of rotatable bonds is 2. The summed E-state index contributed by atoms with van der Waals surface area (Å²) < 4.78 is 1.05. The second kappa shape index (κ2) is 4.49. The SMILES string of the molecule is Cn1c(N)c(NC(=O)c2cccs2)c(=O)[nH]c1=O. The van der Waals surface area contributed by atoms with Crippen molar-refractivity contribution >= 4 is 28.7 Å². The summed E-state index contributed by atoms with van der Waals surface area (Å²) in [6.45, 7) is 0. The Kier molecular flexibility index (Phi) is 3.02. The number of nitrogen functional groups attached to an aromatic ring is 1. The Morgan fingerprint density at radius 3 is 2.83 bits per heavy atom. The molecule has 0 aliphatic carbocycles. The molecule has 8 heteroatoms. The van der Waals surface area contributed by atoms with Gasteiger partial charge in [0.15, 0.2) is 0 Å². The number of amides is 1. The quantitative estimate of drug-likeness (QED) is 0.708. The van der Waals surface area contributed by atoms with Crippen molar-refractivity contribution in [2.75, 3.05) is 11.1 Å². The zero-order chi connectivity index (χ0) is 13.3. The molecule has 0 bridgehead atoms. The molecule has 2 aromatic heterocycles. The molecule has 18 heavy (non-hydrogen) atoms. The zero-order valence-electron chi connectivity index (χ0n) is 9.39. The maximum absolute atomic E-state index is 11.8. The van der Waals surface area contributed by atoms with Crippen LogP contribution in [0.3, 0.4) is 0 Å². The predicted octanol–water partition coefficient (Wildman–Crippen LogP) is -0.0304. The van der Waals surface area contributed by atoms with Gasteiger partial charge in [0.05, 0.1) is 4.88 Å². The summed E-state index contributed by atoms with van der Waals surface area (Å²) in [5, 5.41) is 4.13. The van der Waals surface area contributed by atoms with Gasteiger partial charge in [0, 0.05) is 7.05 Å². The molecule has 2 rings (SSSR count). The highest BCUT2D eigenvalue weighted by atomic mass is 32.1. The number of aromatic nitrogens is 2. The van der Waals surface area contributed by atoms with Gasteiger partial charge in [0.25, 0.3) is 11.5 Å². The zero-order valence-corrected chi connectivity index (χ0v) is 10.2. The predicted molar refractivity (Wildman–Crippen MR) is 69.0 cm³/mol. The van der Waals surface area contributed by atoms with E-state index in [-0.39, 0.29) is 11.5 Å². The van der Waals surface area contributed by atoms with Gasteiger partial charge in [-0.1, -0.05) is 6.07 Å². The lowest BCUT2D eigenvalue weighted by Crippen LogP contribution is -2.33. The van der Waals surface area contributed by atoms with E-state index in [4.69, 9.17) is 5.73 Å². The molecule has 2 aromatic rings. The fourth-order valence-electron chi connectivity index (χ4n) is 1.34. The maximum atomic E-state index is 11.8. The molecule has 0 unspecified atom stereocenters. The van der Waals surface area contributed by atoms with Crippen molar-refractivity contribution in [1.29, 1.82) is 0 Å². The van der Waals surface area contributed by atoms with E-state index in [1.807, 2.05) is 0 Å². The average molecular weight is 266 g/mol. The van der Waals surface area contributed by atoms with Crippen LogP contribution in [0.1, 0.15) is 9.67 Å². The molecule has 0 spiro atoms. The number of hydrogen-bond acceptors (Lipinski definition) is 5. The Hall–Kier alpha value is -2.35. The van der Waals surface area contributed by atoms with Crippen LogP contribution >= 0.6 is 11.3 Å². The largest absolute Gasteiger partial charge is 0.383 e. The van der Waals surface area contributed by atoms with E-state index in [2.05, 4.69) is 10.3 Å². The first-order chi connectivity index (χ1) is 8.50. The molecular weight excluding hydrogens is 256 g/mol. The van der Waals surface area contributed by atoms with Crippen molar-refractivity contribution in [3.05, 3.63) is 43.2 Å². The molecule has 0 saturated carbocycles. The highest BCUT2D eigenvalue weighted by molar-refractivity contribution is 7.12. The first kappa shape index (κ1) is 12.1. The van der Waals surface area contributed by atoms with Gasteiger partial charge in [-0.2, -0.15) is 0 Å². The van der Waals surface area contributed by atoms with E-state index in [0.29, 0.717) is 4.88 Å². The van der Waals surface area contributed by atoms with E-state index in [1.54, 1.807) is 17.5 Å². The van der Waals surface area contributed by atoms with Gasteiger partial charge >= 0.3 is 5.69 Å². The summed E-state index contributed by atoms with van der Waals surface area (Å²) in [5.41, 5.74) is 4.13. The van der Waals surface area contributed by atoms with Gasteiger partial charge in [-0.3, -0.25) is 19.1 Å². The Morgan fingerprint density at radius 1 is 1.50 bits per heavy atom. The van der Waals surface area contributed by atoms with Crippen LogP contribution in [-0.4, -0.2) is 15.5 Å². The number of nitrogens with zero attached hydrogens (tertiary/aromatic N) is 1. The number of carbonyl (C=O) groups excluding carboxylic acids is 1. The molecule has 0 aliphatic heterocycles. The lowest BCUT2D eigenvalue weighted by Gasteiger charge is -2.08. The average Bonchev–Trinajstić information content (AvgIpc) is 2.85. The Morgan fingerprint density at radius 2 is 2.22 bits per heavy atom. The molecule has 7 nitrogen and oxygen atoms in total. The summed E-state index contributed by atoms with van der Waals surface area (Å²) in [6, 6.07) is 3.33. The highest BCUT2D eigenvalue weighted by Gasteiger charge is 2.14. The normalized spacial score (nSPS) is 10.3. The Labute approximate surface area is 105 Å². The Balaban J connectivity index is 2.42. The number of nitrogens with two attached hydrogens (primary N) is 1. The molecule has 0 aromatic carbocycles. The van der Waals surface area contributed by atoms with Crippen molar-refractivity contribution < 1.29 is 4.79 Å². The fourth-order valence-corrected chi connectivity index (χ4v) is 1.96. The molecule has 0 saturated heterocycles. The van der Waals surface area contributed by atoms with Gasteiger partial charge in [-0.25, -0.2) is 4.79 Å². The Bertz CT molecular complexity index is 699. The number of anilines is 2. The van der Waals surface area contributed by atoms with Gasteiger partial charge in [-0.05, 0) is 11.4 Å². The van der Waals surface area contributed by atoms with E-state index in [9.17, 15) is 14.4 Å². The van der Waals surface area contributed by atoms with Gasteiger partial charge in [0.1, 0.15) is 11.5 Å².